The van der Waals surface area contributed by atoms with E-state index in [0.29, 0.717) is 16.8 Å². The van der Waals surface area contributed by atoms with Gasteiger partial charge in [-0.3, -0.25) is 20.2 Å². The number of aliphatic imine (C=N–C) groups is 1. The van der Waals surface area contributed by atoms with Gasteiger partial charge in [0, 0.05) is 12.6 Å². The Balaban J connectivity index is 2.49. The number of carbonyl (C=O) groups excluding carboxylic acids is 2. The van der Waals surface area contributed by atoms with Crippen LogP contribution in [0.3, 0.4) is 0 Å². The van der Waals surface area contributed by atoms with Crippen LogP contribution in [0.1, 0.15) is 29.8 Å². The van der Waals surface area contributed by atoms with Crippen molar-refractivity contribution in [1.29, 1.82) is 5.26 Å². The number of nitriles is 1. The fraction of sp³-hybridized carbons (Fsp3) is 0.286. The fourth-order valence-corrected chi connectivity index (χ4v) is 2.11. The highest BCUT2D eigenvalue weighted by Crippen LogP contribution is 2.32. The predicted molar refractivity (Wildman–Crippen MR) is 76.8 cm³/mol. The van der Waals surface area contributed by atoms with E-state index in [1.54, 1.807) is 45.3 Å². The molecule has 2 amide bonds. The summed E-state index contributed by atoms with van der Waals surface area (Å²) in [6.07, 6.45) is 1.76. The van der Waals surface area contributed by atoms with Gasteiger partial charge in [-0.15, -0.1) is 0 Å². The Hall–Kier alpha value is -2.88. The van der Waals surface area contributed by atoms with Crippen molar-refractivity contribution in [2.75, 3.05) is 7.05 Å². The van der Waals surface area contributed by atoms with E-state index in [4.69, 9.17) is 5.26 Å². The monoisotopic (exact) mass is 285 g/mol. The number of hydrogen-bond acceptors (Lipinski definition) is 4. The van der Waals surface area contributed by atoms with Crippen molar-refractivity contribution in [1.82, 2.24) is 16.0 Å². The van der Waals surface area contributed by atoms with E-state index in [9.17, 15) is 9.59 Å². The quantitative estimate of drug-likeness (QED) is 0.229. The van der Waals surface area contributed by atoms with Crippen LogP contribution in [0.4, 0.5) is 5.69 Å². The lowest BCUT2D eigenvalue weighted by atomic mass is 9.78. The van der Waals surface area contributed by atoms with Crippen molar-refractivity contribution >= 4 is 23.5 Å². The molecule has 108 valence electrons. The lowest BCUT2D eigenvalue weighted by Gasteiger charge is -2.30. The molecule has 0 unspecified atom stereocenters. The van der Waals surface area contributed by atoms with E-state index in [-0.39, 0.29) is 11.9 Å². The molecule has 0 radical (unpaired) electrons. The first kappa shape index (κ1) is 14.5. The van der Waals surface area contributed by atoms with Gasteiger partial charge in [-0.2, -0.15) is 5.26 Å². The Labute approximate surface area is 122 Å². The molecule has 0 aromatic heterocycles. The first-order chi connectivity index (χ1) is 9.90. The van der Waals surface area contributed by atoms with Gasteiger partial charge in [-0.05, 0) is 31.5 Å². The summed E-state index contributed by atoms with van der Waals surface area (Å²) in [5.74, 6) is -0.493. The van der Waals surface area contributed by atoms with Crippen LogP contribution in [0.15, 0.2) is 23.2 Å². The molecule has 0 aliphatic carbocycles. The zero-order valence-corrected chi connectivity index (χ0v) is 11.9. The minimum Gasteiger partial charge on any atom is -0.358 e. The van der Waals surface area contributed by atoms with Crippen LogP contribution in [-0.2, 0) is 10.2 Å². The van der Waals surface area contributed by atoms with Crippen molar-refractivity contribution < 1.29 is 9.59 Å². The van der Waals surface area contributed by atoms with E-state index in [0.717, 1.165) is 0 Å². The second kappa shape index (κ2) is 5.25. The van der Waals surface area contributed by atoms with E-state index >= 15 is 0 Å². The number of imide groups is 1. The van der Waals surface area contributed by atoms with Gasteiger partial charge in [0.1, 0.15) is 0 Å². The minimum absolute atomic E-state index is 0.268. The highest BCUT2D eigenvalue weighted by Gasteiger charge is 2.39. The van der Waals surface area contributed by atoms with Crippen LogP contribution in [0.25, 0.3) is 0 Å². The lowest BCUT2D eigenvalue weighted by molar-refractivity contribution is -0.125. The van der Waals surface area contributed by atoms with Gasteiger partial charge in [0.25, 0.3) is 5.91 Å². The predicted octanol–water partition coefficient (Wildman–Crippen LogP) is 0.512. The molecule has 1 heterocycles. The summed E-state index contributed by atoms with van der Waals surface area (Å²) in [6, 6.07) is 5.00. The maximum Gasteiger partial charge on any atom is 0.258 e. The topological polar surface area (TPSA) is 106 Å². The molecule has 7 heteroatoms. The van der Waals surface area contributed by atoms with Crippen molar-refractivity contribution in [2.45, 2.75) is 19.3 Å². The number of nitrogens with zero attached hydrogens (tertiary/aromatic N) is 2. The molecule has 0 saturated heterocycles. The molecular formula is C14H15N5O2. The summed E-state index contributed by atoms with van der Waals surface area (Å²) >= 11 is 0. The number of benzene rings is 1. The Kier molecular flexibility index (Phi) is 3.63. The molecule has 1 aliphatic rings. The highest BCUT2D eigenvalue weighted by molar-refractivity contribution is 6.13. The van der Waals surface area contributed by atoms with E-state index in [2.05, 4.69) is 20.9 Å². The zero-order valence-electron chi connectivity index (χ0n) is 11.9. The molecule has 0 atom stereocenters. The number of carbonyl (C=O) groups is 2. The average molecular weight is 285 g/mol. The molecule has 0 saturated carbocycles. The van der Waals surface area contributed by atoms with Crippen LogP contribution in [0.2, 0.25) is 0 Å². The molecule has 0 bridgehead atoms. The Morgan fingerprint density at radius 2 is 2.10 bits per heavy atom. The SMILES string of the molecule is CN/C(=N/c1ccc2c(c1)C(=O)NC(=O)C2(C)C)NC#N. The van der Waals surface area contributed by atoms with Gasteiger partial charge in [0.15, 0.2) is 6.19 Å². The van der Waals surface area contributed by atoms with Gasteiger partial charge in [0.05, 0.1) is 11.1 Å². The first-order valence-electron chi connectivity index (χ1n) is 6.32. The van der Waals surface area contributed by atoms with Crippen LogP contribution in [0.5, 0.6) is 0 Å². The smallest absolute Gasteiger partial charge is 0.258 e. The Morgan fingerprint density at radius 1 is 1.38 bits per heavy atom. The normalized spacial score (nSPS) is 16.6. The van der Waals surface area contributed by atoms with Crippen LogP contribution in [0, 0.1) is 11.5 Å². The second-order valence-corrected chi connectivity index (χ2v) is 5.09. The van der Waals surface area contributed by atoms with Gasteiger partial charge < -0.3 is 5.32 Å². The van der Waals surface area contributed by atoms with Crippen molar-refractivity contribution in [3.05, 3.63) is 29.3 Å². The Morgan fingerprint density at radius 3 is 2.71 bits per heavy atom. The summed E-state index contributed by atoms with van der Waals surface area (Å²) in [7, 11) is 1.62. The summed E-state index contributed by atoms with van der Waals surface area (Å²) in [5.41, 5.74) is 0.797. The molecule has 21 heavy (non-hydrogen) atoms. The first-order valence-corrected chi connectivity index (χ1v) is 6.32. The molecule has 1 aromatic rings. The third kappa shape index (κ3) is 2.56. The maximum absolute atomic E-state index is 12.0. The van der Waals surface area contributed by atoms with Gasteiger partial charge in [0.2, 0.25) is 11.9 Å². The third-order valence-corrected chi connectivity index (χ3v) is 3.37. The highest BCUT2D eigenvalue weighted by atomic mass is 16.2. The lowest BCUT2D eigenvalue weighted by Crippen LogP contribution is -2.48. The molecular weight excluding hydrogens is 270 g/mol. The van der Waals surface area contributed by atoms with Crippen molar-refractivity contribution in [3.63, 3.8) is 0 Å². The summed E-state index contributed by atoms with van der Waals surface area (Å²) in [5, 5.41) is 16.0. The molecule has 0 fully saturated rings. The molecule has 7 nitrogen and oxygen atoms in total. The van der Waals surface area contributed by atoms with Gasteiger partial charge in [-0.1, -0.05) is 6.07 Å². The second-order valence-electron chi connectivity index (χ2n) is 5.09. The molecule has 3 N–H and O–H groups in total. The summed E-state index contributed by atoms with van der Waals surface area (Å²) < 4.78 is 0. The van der Waals surface area contributed by atoms with Gasteiger partial charge in [-0.25, -0.2) is 4.99 Å². The fourth-order valence-electron chi connectivity index (χ4n) is 2.11. The molecule has 1 aliphatic heterocycles. The van der Waals surface area contributed by atoms with Crippen molar-refractivity contribution in [3.8, 4) is 6.19 Å². The zero-order chi connectivity index (χ0) is 15.6. The Bertz CT molecular complexity index is 685. The minimum atomic E-state index is -0.776. The number of rotatable bonds is 1. The van der Waals surface area contributed by atoms with E-state index in [1.165, 1.54) is 0 Å². The third-order valence-electron chi connectivity index (χ3n) is 3.37. The molecule has 1 aromatic carbocycles. The number of nitrogens with one attached hydrogen (secondary N) is 3. The van der Waals surface area contributed by atoms with Crippen LogP contribution < -0.4 is 16.0 Å². The number of fused-ring (bicyclic) bond motifs is 1. The van der Waals surface area contributed by atoms with Crippen LogP contribution in [-0.4, -0.2) is 24.8 Å². The van der Waals surface area contributed by atoms with Gasteiger partial charge >= 0.3 is 0 Å². The average Bonchev–Trinajstić information content (AvgIpc) is 2.45. The molecule has 0 spiro atoms. The molecule has 2 rings (SSSR count). The van der Waals surface area contributed by atoms with Crippen molar-refractivity contribution in [2.24, 2.45) is 4.99 Å². The number of hydrogen-bond donors (Lipinski definition) is 3. The summed E-state index contributed by atoms with van der Waals surface area (Å²) in [6.45, 7) is 3.51. The van der Waals surface area contributed by atoms with Crippen LogP contribution >= 0.6 is 0 Å². The van der Waals surface area contributed by atoms with E-state index < -0.39 is 11.3 Å². The largest absolute Gasteiger partial charge is 0.358 e. The standard InChI is InChI=1S/C14H15N5O2/c1-14(2)10-5-4-8(18-13(16-3)17-7-15)6-9(10)11(20)19-12(14)21/h4-6H,1-3H3,(H2,16,17,18)(H,19,20,21). The maximum atomic E-state index is 12.0. The van der Waals surface area contributed by atoms with E-state index in [1.807, 2.05) is 0 Å². The number of guanidine groups is 1. The summed E-state index contributed by atoms with van der Waals surface area (Å²) in [4.78, 5) is 28.0. The number of amides is 2.